The summed E-state index contributed by atoms with van der Waals surface area (Å²) in [6, 6.07) is 14.4. The maximum absolute atomic E-state index is 12.8. The van der Waals surface area contributed by atoms with Gasteiger partial charge >= 0.3 is 5.76 Å². The number of aryl methyl sites for hydroxylation is 1. The minimum Gasteiger partial charge on any atom is -0.408 e. The Balaban J connectivity index is 1.29. The molecule has 0 aliphatic carbocycles. The van der Waals surface area contributed by atoms with Crippen molar-refractivity contribution in [1.82, 2.24) is 14.8 Å². The minimum atomic E-state index is -0.469. The zero-order chi connectivity index (χ0) is 22.7. The van der Waals surface area contributed by atoms with Gasteiger partial charge in [0.05, 0.1) is 17.7 Å². The van der Waals surface area contributed by atoms with Crippen molar-refractivity contribution >= 4 is 22.9 Å². The second-order valence-corrected chi connectivity index (χ2v) is 8.18. The van der Waals surface area contributed by atoms with E-state index >= 15 is 0 Å². The number of fused-ring (bicyclic) bond motifs is 1. The second-order valence-electron chi connectivity index (χ2n) is 8.18. The summed E-state index contributed by atoms with van der Waals surface area (Å²) in [4.78, 5) is 38.8. The molecule has 2 amide bonds. The van der Waals surface area contributed by atoms with E-state index in [1.165, 1.54) is 4.57 Å². The Morgan fingerprint density at radius 1 is 1.03 bits per heavy atom. The summed E-state index contributed by atoms with van der Waals surface area (Å²) in [7, 11) is 0. The number of nitrogens with zero attached hydrogens (tertiary/aromatic N) is 2. The molecule has 1 fully saturated rings. The van der Waals surface area contributed by atoms with Crippen molar-refractivity contribution in [1.29, 1.82) is 0 Å². The van der Waals surface area contributed by atoms with Gasteiger partial charge < -0.3 is 19.4 Å². The van der Waals surface area contributed by atoms with Gasteiger partial charge in [0.25, 0.3) is 5.91 Å². The summed E-state index contributed by atoms with van der Waals surface area (Å²) in [6.45, 7) is 5.68. The molecule has 0 saturated carbocycles. The zero-order valence-corrected chi connectivity index (χ0v) is 18.2. The number of ether oxygens (including phenoxy) is 1. The third kappa shape index (κ3) is 4.91. The van der Waals surface area contributed by atoms with Crippen molar-refractivity contribution in [3.05, 3.63) is 70.2 Å². The first-order valence-electron chi connectivity index (χ1n) is 10.8. The number of morpholine rings is 1. The summed E-state index contributed by atoms with van der Waals surface area (Å²) in [6.07, 6.45) is 0.203. The van der Waals surface area contributed by atoms with Gasteiger partial charge in [0, 0.05) is 38.2 Å². The van der Waals surface area contributed by atoms with Crippen LogP contribution >= 0.6 is 0 Å². The zero-order valence-electron chi connectivity index (χ0n) is 18.2. The Morgan fingerprint density at radius 3 is 2.44 bits per heavy atom. The van der Waals surface area contributed by atoms with Crippen LogP contribution in [0.1, 0.15) is 36.2 Å². The van der Waals surface area contributed by atoms with Gasteiger partial charge in [0.15, 0.2) is 5.58 Å². The standard InChI is InChI=1S/C24H27N3O5/c1-16-14-26(15-17(2)31-16)23(29)19-9-7-18(8-10-19)13-25-22(28)11-12-27-20-5-3-4-6-21(20)32-24(27)30/h3-10,16-17H,11-15H2,1-2H3,(H,25,28). The van der Waals surface area contributed by atoms with E-state index in [1.54, 1.807) is 30.3 Å². The van der Waals surface area contributed by atoms with E-state index in [1.807, 2.05) is 36.9 Å². The first kappa shape index (κ1) is 21.8. The molecule has 32 heavy (non-hydrogen) atoms. The molecule has 1 aromatic heterocycles. The summed E-state index contributed by atoms with van der Waals surface area (Å²) in [5.41, 5.74) is 2.69. The van der Waals surface area contributed by atoms with E-state index in [0.29, 0.717) is 36.3 Å². The molecule has 0 spiro atoms. The van der Waals surface area contributed by atoms with Crippen molar-refractivity contribution < 1.29 is 18.7 Å². The van der Waals surface area contributed by atoms with E-state index in [4.69, 9.17) is 9.15 Å². The molecule has 4 rings (SSSR count). The predicted molar refractivity (Wildman–Crippen MR) is 119 cm³/mol. The highest BCUT2D eigenvalue weighted by atomic mass is 16.5. The predicted octanol–water partition coefficient (Wildman–Crippen LogP) is 2.55. The molecule has 8 nitrogen and oxygen atoms in total. The highest BCUT2D eigenvalue weighted by Gasteiger charge is 2.26. The van der Waals surface area contributed by atoms with E-state index in [9.17, 15) is 14.4 Å². The molecule has 2 atom stereocenters. The fourth-order valence-corrected chi connectivity index (χ4v) is 4.02. The quantitative estimate of drug-likeness (QED) is 0.640. The second kappa shape index (κ2) is 9.40. The Labute approximate surface area is 185 Å². The lowest BCUT2D eigenvalue weighted by atomic mass is 10.1. The highest BCUT2D eigenvalue weighted by molar-refractivity contribution is 5.94. The van der Waals surface area contributed by atoms with Crippen LogP contribution in [-0.4, -0.2) is 46.6 Å². The van der Waals surface area contributed by atoms with Crippen LogP contribution in [0.5, 0.6) is 0 Å². The Bertz CT molecular complexity index is 1150. The fourth-order valence-electron chi connectivity index (χ4n) is 4.02. The number of carbonyl (C=O) groups excluding carboxylic acids is 2. The summed E-state index contributed by atoms with van der Waals surface area (Å²) in [5.74, 6) is -0.651. The largest absolute Gasteiger partial charge is 0.419 e. The number of amides is 2. The lowest BCUT2D eigenvalue weighted by Crippen LogP contribution is -2.48. The van der Waals surface area contributed by atoms with Crippen molar-refractivity contribution in [3.8, 4) is 0 Å². The van der Waals surface area contributed by atoms with Gasteiger partial charge in [-0.2, -0.15) is 0 Å². The molecular weight excluding hydrogens is 410 g/mol. The maximum Gasteiger partial charge on any atom is 0.419 e. The van der Waals surface area contributed by atoms with Crippen LogP contribution in [0.2, 0.25) is 0 Å². The Morgan fingerprint density at radius 2 is 1.72 bits per heavy atom. The average molecular weight is 437 g/mol. The Kier molecular flexibility index (Phi) is 6.41. The molecule has 1 aliphatic heterocycles. The minimum absolute atomic E-state index is 0.0135. The van der Waals surface area contributed by atoms with Crippen LogP contribution in [0.3, 0.4) is 0 Å². The molecule has 8 heteroatoms. The molecule has 1 aliphatic rings. The summed E-state index contributed by atoms with van der Waals surface area (Å²) < 4.78 is 12.3. The number of hydrogen-bond donors (Lipinski definition) is 1. The molecule has 1 saturated heterocycles. The third-order valence-corrected chi connectivity index (χ3v) is 5.53. The number of carbonyl (C=O) groups is 2. The molecule has 2 unspecified atom stereocenters. The van der Waals surface area contributed by atoms with Gasteiger partial charge in [-0.3, -0.25) is 14.2 Å². The van der Waals surface area contributed by atoms with Gasteiger partial charge in [-0.25, -0.2) is 4.79 Å². The summed E-state index contributed by atoms with van der Waals surface area (Å²) in [5, 5.41) is 2.86. The van der Waals surface area contributed by atoms with Crippen LogP contribution in [0.25, 0.3) is 11.1 Å². The molecule has 1 N–H and O–H groups in total. The monoisotopic (exact) mass is 437 g/mol. The van der Waals surface area contributed by atoms with Crippen LogP contribution in [0.15, 0.2) is 57.7 Å². The average Bonchev–Trinajstić information content (AvgIpc) is 3.10. The number of hydrogen-bond acceptors (Lipinski definition) is 5. The molecular formula is C24H27N3O5. The van der Waals surface area contributed by atoms with Gasteiger partial charge in [0.2, 0.25) is 5.91 Å². The van der Waals surface area contributed by atoms with Crippen molar-refractivity contribution in [2.24, 2.45) is 0 Å². The smallest absolute Gasteiger partial charge is 0.408 e. The maximum atomic E-state index is 12.8. The van der Waals surface area contributed by atoms with Crippen LogP contribution < -0.4 is 11.1 Å². The number of para-hydroxylation sites is 2. The van der Waals surface area contributed by atoms with Crippen molar-refractivity contribution in [2.75, 3.05) is 13.1 Å². The number of oxazole rings is 1. The lowest BCUT2D eigenvalue weighted by Gasteiger charge is -2.35. The molecule has 0 bridgehead atoms. The first-order valence-corrected chi connectivity index (χ1v) is 10.8. The summed E-state index contributed by atoms with van der Waals surface area (Å²) >= 11 is 0. The van der Waals surface area contributed by atoms with E-state index in [-0.39, 0.29) is 37.0 Å². The number of aromatic nitrogens is 1. The van der Waals surface area contributed by atoms with E-state index in [2.05, 4.69) is 5.32 Å². The molecule has 3 aromatic rings. The van der Waals surface area contributed by atoms with Gasteiger partial charge in [-0.15, -0.1) is 0 Å². The number of benzene rings is 2. The molecule has 168 valence electrons. The van der Waals surface area contributed by atoms with Crippen LogP contribution in [0, 0.1) is 0 Å². The van der Waals surface area contributed by atoms with E-state index in [0.717, 1.165) is 5.56 Å². The number of nitrogens with one attached hydrogen (secondary N) is 1. The van der Waals surface area contributed by atoms with Crippen molar-refractivity contribution in [2.45, 2.75) is 45.6 Å². The SMILES string of the molecule is CC1CN(C(=O)c2ccc(CNC(=O)CCn3c(=O)oc4ccccc43)cc2)CC(C)O1. The van der Waals surface area contributed by atoms with Gasteiger partial charge in [0.1, 0.15) is 0 Å². The van der Waals surface area contributed by atoms with Crippen LogP contribution in [0.4, 0.5) is 0 Å². The molecule has 2 heterocycles. The number of rotatable bonds is 6. The molecule has 2 aromatic carbocycles. The topological polar surface area (TPSA) is 93.8 Å². The molecule has 0 radical (unpaired) electrons. The van der Waals surface area contributed by atoms with Crippen LogP contribution in [-0.2, 0) is 22.6 Å². The van der Waals surface area contributed by atoms with E-state index < -0.39 is 5.76 Å². The first-order chi connectivity index (χ1) is 15.4. The van der Waals surface area contributed by atoms with Gasteiger partial charge in [-0.05, 0) is 43.7 Å². The van der Waals surface area contributed by atoms with Crippen molar-refractivity contribution in [3.63, 3.8) is 0 Å². The fraction of sp³-hybridized carbons (Fsp3) is 0.375. The Hall–Kier alpha value is -3.39. The highest BCUT2D eigenvalue weighted by Crippen LogP contribution is 2.15. The third-order valence-electron chi connectivity index (χ3n) is 5.53. The van der Waals surface area contributed by atoms with Gasteiger partial charge in [-0.1, -0.05) is 24.3 Å². The normalized spacial score (nSPS) is 18.6. The lowest BCUT2D eigenvalue weighted by molar-refractivity contribution is -0.121.